The molecular weight excluding hydrogens is 660 g/mol. The molecular formula is C27H34F3IN4O6. The molecule has 1 aliphatic rings. The van der Waals surface area contributed by atoms with E-state index in [0.717, 1.165) is 6.07 Å². The molecule has 14 heteroatoms. The number of halogens is 4. The summed E-state index contributed by atoms with van der Waals surface area (Å²) in [5, 5.41) is 3.87. The quantitative estimate of drug-likeness (QED) is 0.131. The van der Waals surface area contributed by atoms with Gasteiger partial charge in [-0.05, 0) is 66.2 Å². The number of benzene rings is 1. The van der Waals surface area contributed by atoms with Crippen LogP contribution >= 0.6 is 23.0 Å². The van der Waals surface area contributed by atoms with Crippen LogP contribution in [0.4, 0.5) is 18.0 Å². The predicted molar refractivity (Wildman–Crippen MR) is 152 cm³/mol. The molecule has 1 aromatic heterocycles. The average molecular weight is 694 g/mol. The number of carbonyl (C=O) groups excluding carboxylic acids is 2. The lowest BCUT2D eigenvalue weighted by atomic mass is 9.93. The van der Waals surface area contributed by atoms with Gasteiger partial charge in [-0.15, -0.1) is 0 Å². The van der Waals surface area contributed by atoms with Crippen LogP contribution in [0.1, 0.15) is 78.7 Å². The van der Waals surface area contributed by atoms with Crippen molar-refractivity contribution in [2.24, 2.45) is 10.9 Å². The highest BCUT2D eigenvalue weighted by Crippen LogP contribution is 2.39. The van der Waals surface area contributed by atoms with E-state index in [1.54, 1.807) is 41.5 Å². The molecule has 1 unspecified atom stereocenters. The standard InChI is InChI=1S/C27H34F3IN4O6/c1-8-15(12-20(36)38-25(2,3)4)22(33-24(37)39-26(5,6)7)35-13-17(14-35)23-32-21(34-41-23)16-9-10-19(40-31)18(11-16)27(28,29)30/h9-11,15,17H,8,12-14H2,1-7H3/b33-22+. The fourth-order valence-electron chi connectivity index (χ4n) is 4.10. The number of amides is 1. The predicted octanol–water partition coefficient (Wildman–Crippen LogP) is 6.98. The van der Waals surface area contributed by atoms with Crippen LogP contribution in [-0.4, -0.2) is 57.2 Å². The Hall–Kier alpha value is -2.91. The second-order valence-corrected chi connectivity index (χ2v) is 12.1. The summed E-state index contributed by atoms with van der Waals surface area (Å²) < 4.78 is 61.4. The van der Waals surface area contributed by atoms with Crippen LogP contribution in [0, 0.1) is 5.92 Å². The van der Waals surface area contributed by atoms with Crippen LogP contribution in [-0.2, 0) is 20.4 Å². The van der Waals surface area contributed by atoms with Crippen molar-refractivity contribution in [2.75, 3.05) is 13.1 Å². The van der Waals surface area contributed by atoms with Crippen molar-refractivity contribution < 1.29 is 39.8 Å². The number of hydrogen-bond acceptors (Lipinski definition) is 8. The highest BCUT2D eigenvalue weighted by Gasteiger charge is 2.39. The van der Waals surface area contributed by atoms with E-state index in [2.05, 4.69) is 15.1 Å². The molecule has 10 nitrogen and oxygen atoms in total. The minimum absolute atomic E-state index is 0.00274. The number of hydrogen-bond donors (Lipinski definition) is 0. The first kappa shape index (κ1) is 32.6. The van der Waals surface area contributed by atoms with Gasteiger partial charge in [-0.25, -0.2) is 4.79 Å². The number of carbonyl (C=O) groups is 2. The molecule has 1 amide bonds. The van der Waals surface area contributed by atoms with Crippen molar-refractivity contribution in [1.82, 2.24) is 15.0 Å². The summed E-state index contributed by atoms with van der Waals surface area (Å²) in [4.78, 5) is 35.6. The summed E-state index contributed by atoms with van der Waals surface area (Å²) in [6.07, 6.45) is -4.89. The highest BCUT2D eigenvalue weighted by atomic mass is 127. The van der Waals surface area contributed by atoms with Crippen LogP contribution < -0.4 is 3.07 Å². The largest absolute Gasteiger partial charge is 0.460 e. The van der Waals surface area contributed by atoms with Gasteiger partial charge in [-0.2, -0.15) is 23.1 Å². The van der Waals surface area contributed by atoms with Gasteiger partial charge >= 0.3 is 18.2 Å². The van der Waals surface area contributed by atoms with Gasteiger partial charge in [-0.1, -0.05) is 12.1 Å². The van der Waals surface area contributed by atoms with Gasteiger partial charge in [0.2, 0.25) is 11.7 Å². The van der Waals surface area contributed by atoms with Crippen LogP contribution in [0.5, 0.6) is 5.75 Å². The summed E-state index contributed by atoms with van der Waals surface area (Å²) >= 11 is 1.39. The Kier molecular flexibility index (Phi) is 9.96. The first-order chi connectivity index (χ1) is 18.9. The number of esters is 1. The number of likely N-dealkylation sites (tertiary alicyclic amines) is 1. The zero-order valence-corrected chi connectivity index (χ0v) is 26.1. The number of nitrogens with zero attached hydrogens (tertiary/aromatic N) is 4. The third-order valence-corrected chi connectivity index (χ3v) is 6.39. The summed E-state index contributed by atoms with van der Waals surface area (Å²) in [6.45, 7) is 13.1. The highest BCUT2D eigenvalue weighted by molar-refractivity contribution is 14.1. The number of rotatable bonds is 7. The first-order valence-corrected chi connectivity index (χ1v) is 13.9. The molecule has 0 spiro atoms. The Morgan fingerprint density at radius 3 is 2.29 bits per heavy atom. The van der Waals surface area contributed by atoms with Crippen LogP contribution in [0.3, 0.4) is 0 Å². The zero-order valence-electron chi connectivity index (χ0n) is 24.0. The molecule has 2 heterocycles. The van der Waals surface area contributed by atoms with Crippen LogP contribution in [0.2, 0.25) is 0 Å². The summed E-state index contributed by atoms with van der Waals surface area (Å²) in [7, 11) is 0. The molecule has 1 aromatic carbocycles. The maximum Gasteiger partial charge on any atom is 0.435 e. The second kappa shape index (κ2) is 12.5. The summed E-state index contributed by atoms with van der Waals surface area (Å²) in [5.41, 5.74) is -2.26. The molecule has 41 heavy (non-hydrogen) atoms. The third kappa shape index (κ3) is 9.04. The molecule has 3 rings (SSSR count). The summed E-state index contributed by atoms with van der Waals surface area (Å²) in [5.74, 6) is -0.813. The van der Waals surface area contributed by atoms with E-state index >= 15 is 0 Å². The van der Waals surface area contributed by atoms with Crippen molar-refractivity contribution >= 4 is 40.9 Å². The topological polar surface area (TPSA) is 116 Å². The molecule has 2 aromatic rings. The van der Waals surface area contributed by atoms with E-state index in [-0.39, 0.29) is 35.4 Å². The van der Waals surface area contributed by atoms with E-state index < -0.39 is 40.9 Å². The Bertz CT molecular complexity index is 1280. The van der Waals surface area contributed by atoms with Gasteiger partial charge in [0.25, 0.3) is 0 Å². The average Bonchev–Trinajstić information content (AvgIpc) is 3.27. The monoisotopic (exact) mass is 694 g/mol. The maximum atomic E-state index is 13.5. The normalized spacial score (nSPS) is 15.8. The Balaban J connectivity index is 1.80. The number of alkyl halides is 3. The minimum atomic E-state index is -4.63. The lowest BCUT2D eigenvalue weighted by Gasteiger charge is -2.41. The van der Waals surface area contributed by atoms with Gasteiger partial charge < -0.3 is 22.0 Å². The van der Waals surface area contributed by atoms with Gasteiger partial charge in [0, 0.05) is 24.6 Å². The zero-order chi connectivity index (χ0) is 30.8. The van der Waals surface area contributed by atoms with Crippen molar-refractivity contribution in [2.45, 2.75) is 84.6 Å². The van der Waals surface area contributed by atoms with Gasteiger partial charge in [0.15, 0.2) is 23.0 Å². The van der Waals surface area contributed by atoms with Crippen molar-refractivity contribution in [1.29, 1.82) is 0 Å². The molecule has 1 saturated heterocycles. The van der Waals surface area contributed by atoms with Gasteiger partial charge in [0.05, 0.1) is 17.9 Å². The maximum absolute atomic E-state index is 13.5. The van der Waals surface area contributed by atoms with Crippen LogP contribution in [0.25, 0.3) is 11.4 Å². The second-order valence-electron chi connectivity index (χ2n) is 11.7. The molecule has 0 bridgehead atoms. The van der Waals surface area contributed by atoms with Gasteiger partial charge in [0.1, 0.15) is 22.8 Å². The van der Waals surface area contributed by atoms with E-state index in [0.29, 0.717) is 25.3 Å². The van der Waals surface area contributed by atoms with Crippen molar-refractivity contribution in [3.8, 4) is 17.1 Å². The number of aliphatic imine (C=N–C) groups is 1. The first-order valence-electron chi connectivity index (χ1n) is 13.0. The van der Waals surface area contributed by atoms with Gasteiger partial charge in [-0.3, -0.25) is 4.79 Å². The molecule has 0 aliphatic carbocycles. The third-order valence-electron chi connectivity index (χ3n) is 5.91. The fourth-order valence-corrected chi connectivity index (χ4v) is 4.48. The van der Waals surface area contributed by atoms with E-state index in [9.17, 15) is 22.8 Å². The number of ether oxygens (including phenoxy) is 2. The van der Waals surface area contributed by atoms with Crippen molar-refractivity contribution in [3.05, 3.63) is 29.7 Å². The Labute approximate surface area is 250 Å². The number of amidine groups is 1. The minimum Gasteiger partial charge on any atom is -0.460 e. The Morgan fingerprint density at radius 2 is 1.76 bits per heavy atom. The molecule has 0 saturated carbocycles. The fraction of sp³-hybridized carbons (Fsp3) is 0.593. The van der Waals surface area contributed by atoms with Crippen molar-refractivity contribution in [3.63, 3.8) is 0 Å². The molecule has 0 radical (unpaired) electrons. The van der Waals surface area contributed by atoms with E-state index in [1.165, 1.54) is 35.1 Å². The number of aromatic nitrogens is 2. The van der Waals surface area contributed by atoms with Crippen LogP contribution in [0.15, 0.2) is 27.7 Å². The Morgan fingerprint density at radius 1 is 1.12 bits per heavy atom. The molecule has 1 aliphatic heterocycles. The molecule has 1 fully saturated rings. The molecule has 0 N–H and O–H groups in total. The van der Waals surface area contributed by atoms with E-state index in [1.807, 2.05) is 11.8 Å². The SMILES string of the molecule is CCC(CC(=O)OC(C)(C)C)/C(=N\C(=O)OC(C)(C)C)N1CC(c2nc(-c3ccc(OI)c(C(F)(F)F)c3)no2)C1. The lowest BCUT2D eigenvalue weighted by molar-refractivity contribution is -0.155. The molecule has 1 atom stereocenters. The smallest absolute Gasteiger partial charge is 0.435 e. The summed E-state index contributed by atoms with van der Waals surface area (Å²) in [6, 6.07) is 3.52. The van der Waals surface area contributed by atoms with E-state index in [4.69, 9.17) is 17.1 Å². The molecule has 226 valence electrons. The lowest BCUT2D eigenvalue weighted by Crippen LogP contribution is -2.51.